The predicted molar refractivity (Wildman–Crippen MR) is 104 cm³/mol. The number of aryl methyl sites for hydroxylation is 1. The SMILES string of the molecule is CCn1ncc2cc3nc(c21)NCCOC[C@H](c1ccccc1)NC(=O)C3. The van der Waals surface area contributed by atoms with Gasteiger partial charge in [0.25, 0.3) is 0 Å². The van der Waals surface area contributed by atoms with Crippen molar-refractivity contribution in [1.29, 1.82) is 0 Å². The zero-order chi connectivity index (χ0) is 18.6. The summed E-state index contributed by atoms with van der Waals surface area (Å²) in [5, 5.41) is 11.8. The molecule has 0 radical (unpaired) electrons. The third kappa shape index (κ3) is 3.78. The van der Waals surface area contributed by atoms with Gasteiger partial charge in [-0.25, -0.2) is 4.98 Å². The molecule has 140 valence electrons. The van der Waals surface area contributed by atoms with Crippen molar-refractivity contribution in [2.45, 2.75) is 25.9 Å². The summed E-state index contributed by atoms with van der Waals surface area (Å²) >= 11 is 0. The number of hydrogen-bond donors (Lipinski definition) is 2. The van der Waals surface area contributed by atoms with Crippen molar-refractivity contribution >= 4 is 22.6 Å². The lowest BCUT2D eigenvalue weighted by Crippen LogP contribution is -2.33. The molecule has 0 spiro atoms. The summed E-state index contributed by atoms with van der Waals surface area (Å²) in [6.45, 7) is 4.39. The van der Waals surface area contributed by atoms with Crippen LogP contribution in [0.25, 0.3) is 10.9 Å². The first-order valence-electron chi connectivity index (χ1n) is 9.26. The summed E-state index contributed by atoms with van der Waals surface area (Å²) in [4.78, 5) is 17.3. The fraction of sp³-hybridized carbons (Fsp3) is 0.350. The molecule has 0 saturated carbocycles. The number of ether oxygens (including phenoxy) is 1. The number of aromatic nitrogens is 3. The normalized spacial score (nSPS) is 18.3. The van der Waals surface area contributed by atoms with Crippen molar-refractivity contribution < 1.29 is 9.53 Å². The van der Waals surface area contributed by atoms with Gasteiger partial charge in [-0.3, -0.25) is 9.48 Å². The zero-order valence-corrected chi connectivity index (χ0v) is 15.3. The molecule has 0 saturated heterocycles. The fourth-order valence-corrected chi connectivity index (χ4v) is 3.39. The van der Waals surface area contributed by atoms with Gasteiger partial charge in [-0.15, -0.1) is 0 Å². The summed E-state index contributed by atoms with van der Waals surface area (Å²) in [6.07, 6.45) is 2.04. The summed E-state index contributed by atoms with van der Waals surface area (Å²) < 4.78 is 7.73. The van der Waals surface area contributed by atoms with Crippen LogP contribution in [0.2, 0.25) is 0 Å². The molecule has 1 aromatic carbocycles. The Morgan fingerprint density at radius 2 is 2.15 bits per heavy atom. The van der Waals surface area contributed by atoms with Crippen LogP contribution in [0.5, 0.6) is 0 Å². The molecule has 1 aliphatic heterocycles. The first-order chi connectivity index (χ1) is 13.2. The van der Waals surface area contributed by atoms with E-state index >= 15 is 0 Å². The Labute approximate surface area is 157 Å². The van der Waals surface area contributed by atoms with Crippen LogP contribution in [0, 0.1) is 0 Å². The highest BCUT2D eigenvalue weighted by atomic mass is 16.5. The Balaban J connectivity index is 1.65. The summed E-state index contributed by atoms with van der Waals surface area (Å²) in [5.41, 5.74) is 2.72. The van der Waals surface area contributed by atoms with Gasteiger partial charge in [-0.05, 0) is 18.6 Å². The number of nitrogens with one attached hydrogen (secondary N) is 2. The lowest BCUT2D eigenvalue weighted by molar-refractivity contribution is -0.121. The molecule has 0 fully saturated rings. The maximum Gasteiger partial charge on any atom is 0.226 e. The molecule has 2 bridgehead atoms. The van der Waals surface area contributed by atoms with Gasteiger partial charge in [0.1, 0.15) is 5.52 Å². The van der Waals surface area contributed by atoms with E-state index < -0.39 is 0 Å². The van der Waals surface area contributed by atoms with Gasteiger partial charge in [0.15, 0.2) is 5.82 Å². The Bertz CT molecular complexity index is 938. The molecule has 27 heavy (non-hydrogen) atoms. The van der Waals surface area contributed by atoms with E-state index in [9.17, 15) is 4.79 Å². The number of nitrogens with zero attached hydrogens (tertiary/aromatic N) is 3. The molecule has 0 unspecified atom stereocenters. The van der Waals surface area contributed by atoms with E-state index in [-0.39, 0.29) is 18.4 Å². The minimum atomic E-state index is -0.177. The number of rotatable bonds is 2. The lowest BCUT2D eigenvalue weighted by atomic mass is 10.1. The number of amides is 1. The maximum absolute atomic E-state index is 12.6. The Morgan fingerprint density at radius 1 is 1.30 bits per heavy atom. The van der Waals surface area contributed by atoms with Crippen molar-refractivity contribution in [2.75, 3.05) is 25.1 Å². The molecule has 1 amide bonds. The third-order valence-electron chi connectivity index (χ3n) is 4.67. The highest BCUT2D eigenvalue weighted by molar-refractivity contribution is 5.90. The van der Waals surface area contributed by atoms with Gasteiger partial charge in [-0.2, -0.15) is 5.10 Å². The third-order valence-corrected chi connectivity index (χ3v) is 4.67. The van der Waals surface area contributed by atoms with Crippen molar-refractivity contribution in [2.24, 2.45) is 0 Å². The lowest BCUT2D eigenvalue weighted by Gasteiger charge is -2.21. The summed E-state index contributed by atoms with van der Waals surface area (Å²) in [6, 6.07) is 11.7. The number of carbonyl (C=O) groups excluding carboxylic acids is 1. The number of anilines is 1. The minimum Gasteiger partial charge on any atom is -0.377 e. The van der Waals surface area contributed by atoms with Gasteiger partial charge >= 0.3 is 0 Å². The molecule has 2 N–H and O–H groups in total. The molecule has 3 heterocycles. The quantitative estimate of drug-likeness (QED) is 0.728. The molecule has 3 aromatic rings. The van der Waals surface area contributed by atoms with Crippen LogP contribution >= 0.6 is 0 Å². The van der Waals surface area contributed by atoms with E-state index in [0.717, 1.165) is 34.5 Å². The Morgan fingerprint density at radius 3 is 2.96 bits per heavy atom. The number of pyridine rings is 1. The van der Waals surface area contributed by atoms with Crippen molar-refractivity contribution in [3.8, 4) is 0 Å². The molecule has 4 rings (SSSR count). The number of benzene rings is 1. The van der Waals surface area contributed by atoms with E-state index in [1.807, 2.05) is 54.2 Å². The molecule has 1 atom stereocenters. The topological polar surface area (TPSA) is 81.1 Å². The second-order valence-electron chi connectivity index (χ2n) is 6.57. The van der Waals surface area contributed by atoms with Gasteiger partial charge in [0.05, 0.1) is 37.6 Å². The van der Waals surface area contributed by atoms with Gasteiger partial charge < -0.3 is 15.4 Å². The van der Waals surface area contributed by atoms with Crippen molar-refractivity contribution in [1.82, 2.24) is 20.1 Å². The highest BCUT2D eigenvalue weighted by Crippen LogP contribution is 2.23. The molecular formula is C20H23N5O2. The van der Waals surface area contributed by atoms with Crippen LogP contribution in [0.4, 0.5) is 5.82 Å². The molecule has 7 nitrogen and oxygen atoms in total. The van der Waals surface area contributed by atoms with Crippen LogP contribution in [0.1, 0.15) is 24.2 Å². The first kappa shape index (κ1) is 17.5. The van der Waals surface area contributed by atoms with Crippen LogP contribution in [0.15, 0.2) is 42.6 Å². The van der Waals surface area contributed by atoms with Gasteiger partial charge in [-0.1, -0.05) is 30.3 Å². The summed E-state index contributed by atoms with van der Waals surface area (Å²) in [5.74, 6) is 0.673. The average Bonchev–Trinajstić information content (AvgIpc) is 3.09. The van der Waals surface area contributed by atoms with Crippen molar-refractivity contribution in [3.63, 3.8) is 0 Å². The Hall–Kier alpha value is -2.93. The summed E-state index contributed by atoms with van der Waals surface area (Å²) in [7, 11) is 0. The molecule has 1 aliphatic rings. The minimum absolute atomic E-state index is 0.0753. The average molecular weight is 365 g/mol. The Kier molecular flexibility index (Phi) is 5.02. The van der Waals surface area contributed by atoms with E-state index in [4.69, 9.17) is 4.74 Å². The molecular weight excluding hydrogens is 342 g/mol. The second-order valence-corrected chi connectivity index (χ2v) is 6.57. The molecule has 2 aromatic heterocycles. The predicted octanol–water partition coefficient (Wildman–Crippen LogP) is 2.29. The molecule has 7 heteroatoms. The van der Waals surface area contributed by atoms with Crippen LogP contribution in [0.3, 0.4) is 0 Å². The number of fused-ring (bicyclic) bond motifs is 4. The van der Waals surface area contributed by atoms with E-state index in [1.54, 1.807) is 0 Å². The van der Waals surface area contributed by atoms with Crippen LogP contribution < -0.4 is 10.6 Å². The van der Waals surface area contributed by atoms with Gasteiger partial charge in [0.2, 0.25) is 5.91 Å². The maximum atomic E-state index is 12.6. The second kappa shape index (κ2) is 7.75. The van der Waals surface area contributed by atoms with E-state index in [1.165, 1.54) is 0 Å². The van der Waals surface area contributed by atoms with Crippen molar-refractivity contribution in [3.05, 3.63) is 53.9 Å². The first-order valence-corrected chi connectivity index (χ1v) is 9.26. The smallest absolute Gasteiger partial charge is 0.226 e. The zero-order valence-electron chi connectivity index (χ0n) is 15.3. The largest absolute Gasteiger partial charge is 0.377 e. The van der Waals surface area contributed by atoms with E-state index in [0.29, 0.717) is 19.8 Å². The number of carbonyl (C=O) groups is 1. The monoisotopic (exact) mass is 365 g/mol. The fourth-order valence-electron chi connectivity index (χ4n) is 3.39. The highest BCUT2D eigenvalue weighted by Gasteiger charge is 2.18. The standard InChI is InChI=1S/C20H23N5O2/c1-2-25-19-15(12-22-25)10-16-11-18(26)24-17(14-6-4-3-5-7-14)13-27-9-8-21-20(19)23-16/h3-7,10,12,17H,2,8-9,11,13H2,1H3,(H,21,23)(H,24,26)/t17-/m1/s1. The number of hydrogen-bond acceptors (Lipinski definition) is 5. The molecule has 0 aliphatic carbocycles. The van der Waals surface area contributed by atoms with E-state index in [2.05, 4.69) is 20.7 Å². The van der Waals surface area contributed by atoms with Crippen LogP contribution in [-0.2, 0) is 22.5 Å². The van der Waals surface area contributed by atoms with Crippen LogP contribution in [-0.4, -0.2) is 40.4 Å². The van der Waals surface area contributed by atoms with Gasteiger partial charge in [0, 0.05) is 18.5 Å².